The summed E-state index contributed by atoms with van der Waals surface area (Å²) in [4.78, 5) is 16.7. The average molecular weight is 362 g/mol. The maximum absolute atomic E-state index is 12.4. The number of ketones is 1. The van der Waals surface area contributed by atoms with Gasteiger partial charge in [0.1, 0.15) is 5.52 Å². The standard InChI is InChI=1S/C16H12BrNO2S/c1-10(15(19)11-6-8-12(17)9-7-11)21-16-18-13-4-2-3-5-14(13)20-16/h2-10H,1H3. The van der Waals surface area contributed by atoms with Crippen LogP contribution in [0.25, 0.3) is 11.1 Å². The van der Waals surface area contributed by atoms with E-state index in [9.17, 15) is 4.79 Å². The number of Topliss-reactive ketones (excluding diaryl/α,β-unsaturated/α-hetero) is 1. The van der Waals surface area contributed by atoms with Crippen molar-refractivity contribution in [3.05, 3.63) is 58.6 Å². The molecule has 0 aliphatic carbocycles. The van der Waals surface area contributed by atoms with Gasteiger partial charge in [0.25, 0.3) is 5.22 Å². The van der Waals surface area contributed by atoms with Gasteiger partial charge < -0.3 is 4.42 Å². The topological polar surface area (TPSA) is 43.1 Å². The number of rotatable bonds is 4. The summed E-state index contributed by atoms with van der Waals surface area (Å²) in [5.41, 5.74) is 2.24. The van der Waals surface area contributed by atoms with Gasteiger partial charge in [-0.2, -0.15) is 0 Å². The fourth-order valence-corrected chi connectivity index (χ4v) is 3.05. The van der Waals surface area contributed by atoms with E-state index in [1.165, 1.54) is 11.8 Å². The Labute approximate surface area is 134 Å². The summed E-state index contributed by atoms with van der Waals surface area (Å²) in [6.45, 7) is 1.86. The van der Waals surface area contributed by atoms with Crippen LogP contribution in [-0.4, -0.2) is 16.0 Å². The van der Waals surface area contributed by atoms with Crippen molar-refractivity contribution in [3.63, 3.8) is 0 Å². The Morgan fingerprint density at radius 1 is 1.19 bits per heavy atom. The number of thioether (sulfide) groups is 1. The Morgan fingerprint density at radius 3 is 2.62 bits per heavy atom. The molecule has 0 aliphatic heterocycles. The molecule has 21 heavy (non-hydrogen) atoms. The van der Waals surface area contributed by atoms with Crippen LogP contribution in [0, 0.1) is 0 Å². The van der Waals surface area contributed by atoms with E-state index < -0.39 is 0 Å². The second kappa shape index (κ2) is 6.03. The largest absolute Gasteiger partial charge is 0.431 e. The van der Waals surface area contributed by atoms with Gasteiger partial charge in [-0.3, -0.25) is 4.79 Å². The van der Waals surface area contributed by atoms with Crippen LogP contribution < -0.4 is 0 Å². The molecule has 3 nitrogen and oxygen atoms in total. The number of oxazole rings is 1. The van der Waals surface area contributed by atoms with E-state index >= 15 is 0 Å². The highest BCUT2D eigenvalue weighted by Gasteiger charge is 2.19. The van der Waals surface area contributed by atoms with E-state index in [1.807, 2.05) is 55.5 Å². The number of hydrogen-bond acceptors (Lipinski definition) is 4. The number of benzene rings is 2. The van der Waals surface area contributed by atoms with Crippen molar-refractivity contribution >= 4 is 44.6 Å². The van der Waals surface area contributed by atoms with Crippen LogP contribution in [0.4, 0.5) is 0 Å². The lowest BCUT2D eigenvalue weighted by atomic mass is 10.1. The number of hydrogen-bond donors (Lipinski definition) is 0. The molecule has 0 amide bonds. The first kappa shape index (κ1) is 14.4. The summed E-state index contributed by atoms with van der Waals surface area (Å²) in [6, 6.07) is 14.9. The van der Waals surface area contributed by atoms with Crippen LogP contribution in [-0.2, 0) is 0 Å². The fourth-order valence-electron chi connectivity index (χ4n) is 1.96. The molecule has 1 aromatic heterocycles. The summed E-state index contributed by atoms with van der Waals surface area (Å²) in [5, 5.41) is 0.272. The Balaban J connectivity index is 1.77. The molecular weight excluding hydrogens is 350 g/mol. The van der Waals surface area contributed by atoms with E-state index in [0.29, 0.717) is 10.8 Å². The molecule has 0 radical (unpaired) electrons. The molecule has 2 aromatic carbocycles. The molecule has 1 unspecified atom stereocenters. The lowest BCUT2D eigenvalue weighted by molar-refractivity contribution is 0.0993. The lowest BCUT2D eigenvalue weighted by Gasteiger charge is -2.07. The third-order valence-corrected chi connectivity index (χ3v) is 4.52. The first-order chi connectivity index (χ1) is 10.1. The molecule has 0 spiro atoms. The van der Waals surface area contributed by atoms with Gasteiger partial charge in [-0.05, 0) is 31.2 Å². The molecule has 0 aliphatic rings. The second-order valence-electron chi connectivity index (χ2n) is 4.58. The third kappa shape index (κ3) is 3.19. The molecule has 1 heterocycles. The smallest absolute Gasteiger partial charge is 0.257 e. The first-order valence-electron chi connectivity index (χ1n) is 6.45. The summed E-state index contributed by atoms with van der Waals surface area (Å²) in [7, 11) is 0. The van der Waals surface area contributed by atoms with Gasteiger partial charge in [-0.15, -0.1) is 0 Å². The van der Waals surface area contributed by atoms with Gasteiger partial charge in [-0.1, -0.05) is 52.0 Å². The normalized spacial score (nSPS) is 12.5. The van der Waals surface area contributed by atoms with E-state index in [0.717, 1.165) is 15.6 Å². The molecule has 3 rings (SSSR count). The van der Waals surface area contributed by atoms with Crippen molar-refractivity contribution < 1.29 is 9.21 Å². The maximum Gasteiger partial charge on any atom is 0.257 e. The predicted molar refractivity (Wildman–Crippen MR) is 87.8 cm³/mol. The summed E-state index contributed by atoms with van der Waals surface area (Å²) < 4.78 is 6.59. The minimum Gasteiger partial charge on any atom is -0.431 e. The first-order valence-corrected chi connectivity index (χ1v) is 8.13. The van der Waals surface area contributed by atoms with Crippen LogP contribution in [0.3, 0.4) is 0 Å². The Bertz CT molecular complexity index is 749. The summed E-state index contributed by atoms with van der Waals surface area (Å²) in [5.74, 6) is 0.0646. The van der Waals surface area contributed by atoms with Crippen molar-refractivity contribution in [2.24, 2.45) is 0 Å². The predicted octanol–water partition coefficient (Wildman–Crippen LogP) is 4.95. The molecule has 0 N–H and O–H groups in total. The van der Waals surface area contributed by atoms with Gasteiger partial charge >= 0.3 is 0 Å². The molecule has 0 saturated heterocycles. The zero-order valence-electron chi connectivity index (χ0n) is 11.2. The highest BCUT2D eigenvalue weighted by Crippen LogP contribution is 2.28. The van der Waals surface area contributed by atoms with Crippen LogP contribution in [0.1, 0.15) is 17.3 Å². The number of fused-ring (bicyclic) bond motifs is 1. The zero-order chi connectivity index (χ0) is 14.8. The van der Waals surface area contributed by atoms with E-state index in [1.54, 1.807) is 0 Å². The average Bonchev–Trinajstić information content (AvgIpc) is 2.89. The highest BCUT2D eigenvalue weighted by molar-refractivity contribution is 9.10. The van der Waals surface area contributed by atoms with Crippen molar-refractivity contribution in [2.75, 3.05) is 0 Å². The van der Waals surface area contributed by atoms with Crippen molar-refractivity contribution in [2.45, 2.75) is 17.4 Å². The van der Waals surface area contributed by atoms with Crippen molar-refractivity contribution in [1.82, 2.24) is 4.98 Å². The number of aromatic nitrogens is 1. The SMILES string of the molecule is CC(Sc1nc2ccccc2o1)C(=O)c1ccc(Br)cc1. The van der Waals surface area contributed by atoms with Gasteiger partial charge in [0.15, 0.2) is 11.4 Å². The van der Waals surface area contributed by atoms with Gasteiger partial charge in [0.2, 0.25) is 0 Å². The molecule has 0 bridgehead atoms. The van der Waals surface area contributed by atoms with Crippen LogP contribution in [0.2, 0.25) is 0 Å². The Hall–Kier alpha value is -1.59. The van der Waals surface area contributed by atoms with Crippen LogP contribution in [0.15, 0.2) is 62.6 Å². The molecule has 0 saturated carbocycles. The van der Waals surface area contributed by atoms with Crippen molar-refractivity contribution in [1.29, 1.82) is 0 Å². The van der Waals surface area contributed by atoms with Crippen LogP contribution >= 0.6 is 27.7 Å². The summed E-state index contributed by atoms with van der Waals surface area (Å²) >= 11 is 4.70. The molecule has 0 fully saturated rings. The quantitative estimate of drug-likeness (QED) is 0.486. The minimum atomic E-state index is -0.251. The van der Waals surface area contributed by atoms with E-state index in [2.05, 4.69) is 20.9 Å². The van der Waals surface area contributed by atoms with Crippen molar-refractivity contribution in [3.8, 4) is 0 Å². The summed E-state index contributed by atoms with van der Waals surface area (Å²) in [6.07, 6.45) is 0. The number of carbonyl (C=O) groups excluding carboxylic acids is 1. The fraction of sp³-hybridized carbons (Fsp3) is 0.125. The Kier molecular flexibility index (Phi) is 4.12. The van der Waals surface area contributed by atoms with E-state index in [-0.39, 0.29) is 11.0 Å². The minimum absolute atomic E-state index is 0.0646. The zero-order valence-corrected chi connectivity index (χ0v) is 13.6. The molecule has 3 aromatic rings. The molecule has 106 valence electrons. The maximum atomic E-state index is 12.4. The molecule has 1 atom stereocenters. The highest BCUT2D eigenvalue weighted by atomic mass is 79.9. The monoisotopic (exact) mass is 361 g/mol. The molecule has 5 heteroatoms. The second-order valence-corrected chi connectivity index (χ2v) is 6.79. The van der Waals surface area contributed by atoms with Crippen LogP contribution in [0.5, 0.6) is 0 Å². The van der Waals surface area contributed by atoms with Gasteiger partial charge in [-0.25, -0.2) is 4.98 Å². The number of nitrogens with zero attached hydrogens (tertiary/aromatic N) is 1. The molecular formula is C16H12BrNO2S. The third-order valence-electron chi connectivity index (χ3n) is 3.05. The lowest BCUT2D eigenvalue weighted by Crippen LogP contribution is -2.13. The van der Waals surface area contributed by atoms with Gasteiger partial charge in [0.05, 0.1) is 5.25 Å². The van der Waals surface area contributed by atoms with E-state index in [4.69, 9.17) is 4.42 Å². The number of carbonyl (C=O) groups is 1. The number of para-hydroxylation sites is 2. The van der Waals surface area contributed by atoms with Gasteiger partial charge in [0, 0.05) is 10.0 Å². The number of halogens is 1. The Morgan fingerprint density at radius 2 is 1.90 bits per heavy atom.